The van der Waals surface area contributed by atoms with Crippen LogP contribution in [0.4, 0.5) is 26.3 Å². The molecule has 1 amide bonds. The van der Waals surface area contributed by atoms with E-state index in [0.29, 0.717) is 28.6 Å². The predicted molar refractivity (Wildman–Crippen MR) is 140 cm³/mol. The second-order valence-corrected chi connectivity index (χ2v) is 9.79. The van der Waals surface area contributed by atoms with Gasteiger partial charge in [-0.15, -0.1) is 0 Å². The summed E-state index contributed by atoms with van der Waals surface area (Å²) in [5.41, 5.74) is -2.46. The smallest absolute Gasteiger partial charge is 0.396 e. The van der Waals surface area contributed by atoms with E-state index in [9.17, 15) is 41.0 Å². The molecule has 0 saturated carbocycles. The maximum atomic E-state index is 13.7. The van der Waals surface area contributed by atoms with Crippen molar-refractivity contribution in [1.29, 1.82) is 0 Å². The van der Waals surface area contributed by atoms with Crippen LogP contribution in [0.25, 0.3) is 22.0 Å². The molecule has 4 rings (SSSR count). The third-order valence-electron chi connectivity index (χ3n) is 6.49. The average molecular weight is 578 g/mol. The minimum atomic E-state index is -5.05. The number of pyridine rings is 2. The van der Waals surface area contributed by atoms with Crippen molar-refractivity contribution in [3.05, 3.63) is 99.1 Å². The lowest BCUT2D eigenvalue weighted by molar-refractivity contribution is -0.143. The minimum Gasteiger partial charge on any atom is -0.396 e. The zero-order chi connectivity index (χ0) is 30.1. The van der Waals surface area contributed by atoms with Crippen molar-refractivity contribution in [2.45, 2.75) is 39.3 Å². The van der Waals surface area contributed by atoms with Gasteiger partial charge in [-0.3, -0.25) is 14.6 Å². The fourth-order valence-electron chi connectivity index (χ4n) is 4.45. The number of carbonyl (C=O) groups is 1. The summed E-state index contributed by atoms with van der Waals surface area (Å²) in [6.07, 6.45) is -8.69. The Balaban J connectivity index is 1.88. The van der Waals surface area contributed by atoms with E-state index >= 15 is 0 Å². The van der Waals surface area contributed by atoms with Crippen LogP contribution in [0.2, 0.25) is 0 Å². The molecule has 0 aliphatic rings. The summed E-state index contributed by atoms with van der Waals surface area (Å²) < 4.78 is 81.2. The van der Waals surface area contributed by atoms with Gasteiger partial charge in [0.2, 0.25) is 0 Å². The number of benzene rings is 2. The number of nitrogens with zero attached hydrogens (tertiary/aromatic N) is 2. The van der Waals surface area contributed by atoms with Crippen LogP contribution < -0.4 is 10.9 Å². The summed E-state index contributed by atoms with van der Waals surface area (Å²) in [6, 6.07) is 11.2. The Kier molecular flexibility index (Phi) is 8.25. The molecule has 0 fully saturated rings. The number of rotatable bonds is 7. The number of amides is 1. The molecule has 0 saturated heterocycles. The molecular formula is C29H25F6N3O3. The van der Waals surface area contributed by atoms with Crippen LogP contribution in [0, 0.1) is 12.8 Å². The number of aliphatic hydroxyl groups excluding tert-OH is 1. The largest absolute Gasteiger partial charge is 0.416 e. The Bertz CT molecular complexity index is 1610. The number of nitrogens with one attached hydrogen (secondary N) is 1. The Hall–Kier alpha value is -4.19. The second kappa shape index (κ2) is 11.4. The number of aryl methyl sites for hydroxylation is 1. The van der Waals surface area contributed by atoms with Crippen molar-refractivity contribution in [3.8, 4) is 11.1 Å². The van der Waals surface area contributed by atoms with Crippen molar-refractivity contribution in [3.63, 3.8) is 0 Å². The highest BCUT2D eigenvalue weighted by Crippen LogP contribution is 2.36. The van der Waals surface area contributed by atoms with E-state index in [1.54, 1.807) is 43.3 Å². The van der Waals surface area contributed by atoms with Gasteiger partial charge >= 0.3 is 12.4 Å². The number of aromatic nitrogens is 2. The Morgan fingerprint density at radius 3 is 2.17 bits per heavy atom. The Labute approximate surface area is 230 Å². The van der Waals surface area contributed by atoms with E-state index in [-0.39, 0.29) is 30.4 Å². The van der Waals surface area contributed by atoms with Gasteiger partial charge in [-0.2, -0.15) is 26.3 Å². The van der Waals surface area contributed by atoms with Crippen LogP contribution in [-0.4, -0.2) is 27.2 Å². The van der Waals surface area contributed by atoms with Gasteiger partial charge in [0.15, 0.2) is 0 Å². The molecule has 216 valence electrons. The number of hydrogen-bond acceptors (Lipinski definition) is 4. The molecule has 6 nitrogen and oxygen atoms in total. The first kappa shape index (κ1) is 29.8. The summed E-state index contributed by atoms with van der Waals surface area (Å²) in [6.45, 7) is 2.38. The van der Waals surface area contributed by atoms with Crippen molar-refractivity contribution in [2.75, 3.05) is 6.61 Å². The van der Waals surface area contributed by atoms with Gasteiger partial charge in [0.25, 0.3) is 11.5 Å². The van der Waals surface area contributed by atoms with E-state index in [1.165, 1.54) is 6.20 Å². The predicted octanol–water partition coefficient (Wildman–Crippen LogP) is 5.97. The number of hydrogen-bond donors (Lipinski definition) is 2. The molecule has 0 spiro atoms. The Morgan fingerprint density at radius 2 is 1.61 bits per heavy atom. The van der Waals surface area contributed by atoms with E-state index < -0.39 is 53.0 Å². The molecule has 0 bridgehead atoms. The lowest BCUT2D eigenvalue weighted by Crippen LogP contribution is -2.35. The molecular weight excluding hydrogens is 552 g/mol. The molecule has 0 unspecified atom stereocenters. The highest BCUT2D eigenvalue weighted by atomic mass is 19.4. The maximum absolute atomic E-state index is 13.7. The number of alkyl halides is 6. The third kappa shape index (κ3) is 6.43. The van der Waals surface area contributed by atoms with E-state index in [4.69, 9.17) is 0 Å². The van der Waals surface area contributed by atoms with Gasteiger partial charge in [0.1, 0.15) is 11.2 Å². The number of fused-ring (bicyclic) bond motifs is 1. The lowest BCUT2D eigenvalue weighted by atomic mass is 9.96. The standard InChI is InChI=1S/C29H25F6N3O3/c1-16-5-7-19(8-6-16)23-22-4-3-9-36-24(22)27(41)38(14-17(2)15-39)25(23)26(40)37-13-18-10-20(28(30,31)32)12-21(11-18)29(33,34)35/h3-12,17,39H,13-15H2,1-2H3,(H,37,40)/t17-/m0/s1. The molecule has 0 aliphatic carbocycles. The third-order valence-corrected chi connectivity index (χ3v) is 6.49. The van der Waals surface area contributed by atoms with Crippen LogP contribution in [0.1, 0.15) is 39.7 Å². The molecule has 2 heterocycles. The van der Waals surface area contributed by atoms with Gasteiger partial charge in [0, 0.05) is 36.8 Å². The molecule has 2 aromatic carbocycles. The van der Waals surface area contributed by atoms with Crippen LogP contribution >= 0.6 is 0 Å². The Morgan fingerprint density at radius 1 is 1.00 bits per heavy atom. The van der Waals surface area contributed by atoms with E-state index in [1.807, 2.05) is 6.92 Å². The number of aliphatic hydroxyl groups is 1. The monoisotopic (exact) mass is 577 g/mol. The van der Waals surface area contributed by atoms with Gasteiger partial charge < -0.3 is 15.0 Å². The molecule has 4 aromatic rings. The van der Waals surface area contributed by atoms with E-state index in [0.717, 1.165) is 10.1 Å². The van der Waals surface area contributed by atoms with Crippen LogP contribution in [-0.2, 0) is 25.4 Å². The van der Waals surface area contributed by atoms with Gasteiger partial charge in [-0.05, 0) is 48.2 Å². The van der Waals surface area contributed by atoms with Crippen molar-refractivity contribution in [2.24, 2.45) is 5.92 Å². The van der Waals surface area contributed by atoms with E-state index in [2.05, 4.69) is 10.3 Å². The first-order valence-corrected chi connectivity index (χ1v) is 12.5. The van der Waals surface area contributed by atoms with Crippen molar-refractivity contribution in [1.82, 2.24) is 14.9 Å². The molecule has 12 heteroatoms. The molecule has 41 heavy (non-hydrogen) atoms. The normalized spacial score (nSPS) is 12.9. The summed E-state index contributed by atoms with van der Waals surface area (Å²) in [7, 11) is 0. The highest BCUT2D eigenvalue weighted by Gasteiger charge is 2.37. The van der Waals surface area contributed by atoms with Crippen LogP contribution in [0.15, 0.2) is 65.6 Å². The molecule has 2 aromatic heterocycles. The SMILES string of the molecule is Cc1ccc(-c2c(C(=O)NCc3cc(C(F)(F)F)cc(C(F)(F)F)c3)n(C[C@H](C)CO)c(=O)c3ncccc23)cc1. The van der Waals surface area contributed by atoms with Crippen LogP contribution in [0.3, 0.4) is 0 Å². The topological polar surface area (TPSA) is 84.2 Å². The summed E-state index contributed by atoms with van der Waals surface area (Å²) >= 11 is 0. The number of halogens is 6. The fourth-order valence-corrected chi connectivity index (χ4v) is 4.45. The quantitative estimate of drug-likeness (QED) is 0.265. The van der Waals surface area contributed by atoms with Crippen LogP contribution in [0.5, 0.6) is 0 Å². The second-order valence-electron chi connectivity index (χ2n) is 9.79. The first-order chi connectivity index (χ1) is 19.2. The minimum absolute atomic E-state index is 0.00505. The zero-order valence-electron chi connectivity index (χ0n) is 21.9. The first-order valence-electron chi connectivity index (χ1n) is 12.5. The molecule has 2 N–H and O–H groups in total. The van der Waals surface area contributed by atoms with Crippen molar-refractivity contribution < 1.29 is 36.2 Å². The summed E-state index contributed by atoms with van der Waals surface area (Å²) in [5.74, 6) is -1.39. The molecule has 1 atom stereocenters. The lowest BCUT2D eigenvalue weighted by Gasteiger charge is -2.21. The maximum Gasteiger partial charge on any atom is 0.416 e. The summed E-state index contributed by atoms with van der Waals surface area (Å²) in [5, 5.41) is 12.4. The molecule has 0 radical (unpaired) electrons. The molecule has 0 aliphatic heterocycles. The van der Waals surface area contributed by atoms with Gasteiger partial charge in [-0.1, -0.05) is 42.8 Å². The highest BCUT2D eigenvalue weighted by molar-refractivity contribution is 6.07. The average Bonchev–Trinajstić information content (AvgIpc) is 2.92. The summed E-state index contributed by atoms with van der Waals surface area (Å²) in [4.78, 5) is 31.4. The van der Waals surface area contributed by atoms with Gasteiger partial charge in [-0.25, -0.2) is 0 Å². The fraction of sp³-hybridized carbons (Fsp3) is 0.276. The van der Waals surface area contributed by atoms with Gasteiger partial charge in [0.05, 0.1) is 11.1 Å². The van der Waals surface area contributed by atoms with Crippen molar-refractivity contribution >= 4 is 16.8 Å². The zero-order valence-corrected chi connectivity index (χ0v) is 21.9. The number of carbonyl (C=O) groups excluding carboxylic acids is 1.